The van der Waals surface area contributed by atoms with E-state index in [1.54, 1.807) is 43.8 Å². The molecule has 0 atom stereocenters. The van der Waals surface area contributed by atoms with Crippen LogP contribution in [0.5, 0.6) is 5.75 Å². The summed E-state index contributed by atoms with van der Waals surface area (Å²) in [6.45, 7) is 3.82. The molecule has 0 aliphatic heterocycles. The standard InChI is InChI=1S/C18H21NO3S.2ClH.Ru/c1-13(2)23(20,21)16-10-9-15(14(3)11-16)12-19-17-7-5-6-8-18(17)22-4;;;/h3,5-11,13,19H,12H2,1-2,4H3;2*1H;/q;;;+2/p-2. The molecule has 2 aromatic rings. The van der Waals surface area contributed by atoms with Crippen LogP contribution < -0.4 is 10.1 Å². The number of ether oxygens (including phenoxy) is 1. The Morgan fingerprint density at radius 2 is 1.88 bits per heavy atom. The topological polar surface area (TPSA) is 55.4 Å². The molecule has 26 heavy (non-hydrogen) atoms. The fourth-order valence-corrected chi connectivity index (χ4v) is 5.29. The van der Waals surface area contributed by atoms with Gasteiger partial charge in [0.1, 0.15) is 0 Å². The fourth-order valence-electron chi connectivity index (χ4n) is 2.34. The first-order valence-electron chi connectivity index (χ1n) is 7.82. The molecule has 1 N–H and O–H groups in total. The number of hydrogen-bond acceptors (Lipinski definition) is 4. The Bertz CT molecular complexity index is 910. The Labute approximate surface area is 167 Å². The summed E-state index contributed by atoms with van der Waals surface area (Å²) in [7, 11) is 10.3. The van der Waals surface area contributed by atoms with Crippen LogP contribution in [0, 0.1) is 0 Å². The van der Waals surface area contributed by atoms with E-state index in [0.717, 1.165) is 22.6 Å². The van der Waals surface area contributed by atoms with E-state index >= 15 is 0 Å². The summed E-state index contributed by atoms with van der Waals surface area (Å²) in [6.07, 6.45) is 0. The van der Waals surface area contributed by atoms with Crippen LogP contribution in [-0.2, 0) is 29.9 Å². The zero-order valence-electron chi connectivity index (χ0n) is 14.6. The van der Waals surface area contributed by atoms with Crippen LogP contribution in [0.25, 0.3) is 0 Å². The van der Waals surface area contributed by atoms with Gasteiger partial charge >= 0.3 is 168 Å². The zero-order chi connectivity index (χ0) is 19.3. The summed E-state index contributed by atoms with van der Waals surface area (Å²) in [4.78, 5) is 0.281. The number of halogens is 2. The van der Waals surface area contributed by atoms with Gasteiger partial charge in [-0.2, -0.15) is 0 Å². The first-order valence-corrected chi connectivity index (χ1v) is 14.8. The molecule has 4 nitrogen and oxygen atoms in total. The molecule has 0 aliphatic carbocycles. The van der Waals surface area contributed by atoms with Crippen molar-refractivity contribution in [3.05, 3.63) is 53.6 Å². The zero-order valence-corrected chi connectivity index (χ0v) is 18.7. The van der Waals surface area contributed by atoms with Crippen LogP contribution in [0.2, 0.25) is 0 Å². The molecule has 2 rings (SSSR count). The number of rotatable bonds is 7. The van der Waals surface area contributed by atoms with Crippen molar-refractivity contribution in [2.24, 2.45) is 0 Å². The molecule has 0 bridgehead atoms. The molecule has 0 saturated carbocycles. The number of methoxy groups -OCH3 is 1. The van der Waals surface area contributed by atoms with E-state index in [4.69, 9.17) is 24.1 Å². The second-order valence-corrected chi connectivity index (χ2v) is 14.0. The molecule has 0 heterocycles. The summed E-state index contributed by atoms with van der Waals surface area (Å²) in [5.41, 5.74) is 2.52. The maximum absolute atomic E-state index is 12.4. The van der Waals surface area contributed by atoms with E-state index in [2.05, 4.69) is 5.32 Å². The first-order chi connectivity index (χ1) is 12.3. The molecule has 0 unspecified atom stereocenters. The van der Waals surface area contributed by atoms with Gasteiger partial charge in [-0.25, -0.2) is 0 Å². The van der Waals surface area contributed by atoms with Crippen molar-refractivity contribution in [3.8, 4) is 5.75 Å². The average Bonchev–Trinajstić information content (AvgIpc) is 2.60. The molecule has 8 heteroatoms. The quantitative estimate of drug-likeness (QED) is 0.563. The van der Waals surface area contributed by atoms with Gasteiger partial charge in [-0.05, 0) is 0 Å². The predicted molar refractivity (Wildman–Crippen MR) is 106 cm³/mol. The van der Waals surface area contributed by atoms with Crippen molar-refractivity contribution < 1.29 is 26.7 Å². The number of hydrogen-bond donors (Lipinski definition) is 1. The second kappa shape index (κ2) is 9.32. The molecule has 0 radical (unpaired) electrons. The number of anilines is 1. The Hall–Kier alpha value is -0.937. The van der Waals surface area contributed by atoms with Gasteiger partial charge in [0.2, 0.25) is 0 Å². The van der Waals surface area contributed by atoms with Crippen molar-refractivity contribution in [1.29, 1.82) is 0 Å². The summed E-state index contributed by atoms with van der Waals surface area (Å²) in [5, 5.41) is 2.82. The van der Waals surface area contributed by atoms with E-state index in [9.17, 15) is 8.42 Å². The number of nitrogens with one attached hydrogen (secondary N) is 1. The molecule has 0 aliphatic rings. The minimum atomic E-state index is -3.36. The molecule has 0 saturated heterocycles. The van der Waals surface area contributed by atoms with Gasteiger partial charge in [-0.15, -0.1) is 0 Å². The Kier molecular flexibility index (Phi) is 7.66. The molecule has 0 spiro atoms. The van der Waals surface area contributed by atoms with Gasteiger partial charge in [0, 0.05) is 0 Å². The van der Waals surface area contributed by atoms with Crippen molar-refractivity contribution in [2.45, 2.75) is 30.5 Å². The van der Waals surface area contributed by atoms with Gasteiger partial charge in [0.15, 0.2) is 0 Å². The number of benzene rings is 2. The predicted octanol–water partition coefficient (Wildman–Crippen LogP) is 4.57. The Morgan fingerprint density at radius 3 is 2.50 bits per heavy atom. The van der Waals surface area contributed by atoms with Crippen LogP contribution in [-0.4, -0.2) is 25.4 Å². The van der Waals surface area contributed by atoms with E-state index in [1.807, 2.05) is 24.3 Å². The molecule has 0 fully saturated rings. The maximum atomic E-state index is 12.4. The number of sulfone groups is 1. The van der Waals surface area contributed by atoms with Gasteiger partial charge in [-0.3, -0.25) is 0 Å². The molecule has 2 aromatic carbocycles. The van der Waals surface area contributed by atoms with Crippen LogP contribution in [0.3, 0.4) is 0 Å². The van der Waals surface area contributed by atoms with E-state index in [0.29, 0.717) is 6.54 Å². The molecule has 0 amide bonds. The summed E-state index contributed by atoms with van der Waals surface area (Å²) >= 11 is -2.11. The molecular formula is C18H21Cl2NO3RuS. The normalized spacial score (nSPS) is 12.0. The van der Waals surface area contributed by atoms with Crippen molar-refractivity contribution >= 4 is 39.5 Å². The van der Waals surface area contributed by atoms with Crippen molar-refractivity contribution in [3.63, 3.8) is 0 Å². The van der Waals surface area contributed by atoms with E-state index < -0.39 is 28.6 Å². The van der Waals surface area contributed by atoms with E-state index in [-0.39, 0.29) is 4.90 Å². The van der Waals surface area contributed by atoms with Gasteiger partial charge in [0.25, 0.3) is 0 Å². The van der Waals surface area contributed by atoms with Crippen LogP contribution >= 0.6 is 19.4 Å². The Balaban J connectivity index is 2.38. The van der Waals surface area contributed by atoms with Crippen LogP contribution in [0.4, 0.5) is 5.69 Å². The first kappa shape index (κ1) is 21.4. The SMILES string of the molecule is COc1ccccc1NCc1ccc(S(=O)(=O)C(C)C)cc1[CH]=[Ru]([Cl])[Cl]. The fraction of sp³-hybridized carbons (Fsp3) is 0.278. The van der Waals surface area contributed by atoms with E-state index in [1.165, 1.54) is 0 Å². The Morgan fingerprint density at radius 1 is 1.19 bits per heavy atom. The third-order valence-corrected chi connectivity index (χ3v) is 7.81. The van der Waals surface area contributed by atoms with Gasteiger partial charge < -0.3 is 0 Å². The second-order valence-electron chi connectivity index (χ2n) is 5.82. The number of para-hydroxylation sites is 2. The van der Waals surface area contributed by atoms with Gasteiger partial charge in [0.05, 0.1) is 0 Å². The molecule has 144 valence electrons. The minimum absolute atomic E-state index is 0.281. The molecular weight excluding hydrogens is 482 g/mol. The van der Waals surface area contributed by atoms with Gasteiger partial charge in [-0.1, -0.05) is 0 Å². The average molecular weight is 503 g/mol. The summed E-state index contributed by atoms with van der Waals surface area (Å²) in [6, 6.07) is 12.7. The third-order valence-electron chi connectivity index (χ3n) is 3.83. The third kappa shape index (κ3) is 5.29. The van der Waals surface area contributed by atoms with Crippen LogP contribution in [0.15, 0.2) is 47.4 Å². The van der Waals surface area contributed by atoms with Crippen LogP contribution in [0.1, 0.15) is 25.0 Å². The molecule has 0 aromatic heterocycles. The van der Waals surface area contributed by atoms with Crippen molar-refractivity contribution in [2.75, 3.05) is 12.4 Å². The summed E-state index contributed by atoms with van der Waals surface area (Å²) in [5.74, 6) is 0.735. The monoisotopic (exact) mass is 503 g/mol. The van der Waals surface area contributed by atoms with Crippen molar-refractivity contribution in [1.82, 2.24) is 0 Å². The summed E-state index contributed by atoms with van der Waals surface area (Å²) < 4.78 is 32.0.